The van der Waals surface area contributed by atoms with Crippen LogP contribution >= 0.6 is 15.9 Å². The van der Waals surface area contributed by atoms with Gasteiger partial charge in [-0.25, -0.2) is 10.2 Å². The Bertz CT molecular complexity index is 1420. The molecule has 8 heteroatoms. The van der Waals surface area contributed by atoms with E-state index in [1.165, 1.54) is 6.21 Å². The van der Waals surface area contributed by atoms with Gasteiger partial charge < -0.3 is 10.1 Å². The van der Waals surface area contributed by atoms with E-state index in [1.807, 2.05) is 6.07 Å². The molecule has 0 unspecified atom stereocenters. The van der Waals surface area contributed by atoms with Gasteiger partial charge in [0.05, 0.1) is 23.0 Å². The van der Waals surface area contributed by atoms with Crippen molar-refractivity contribution < 1.29 is 19.1 Å². The smallest absolute Gasteiger partial charge is 0.343 e. The number of hydrogen-bond acceptors (Lipinski definition) is 5. The van der Waals surface area contributed by atoms with Crippen LogP contribution in [0.3, 0.4) is 0 Å². The monoisotopic (exact) mass is 541 g/mol. The molecule has 0 fully saturated rings. The predicted octanol–water partition coefficient (Wildman–Crippen LogP) is 5.68. The highest BCUT2D eigenvalue weighted by Crippen LogP contribution is 2.19. The molecule has 0 spiro atoms. The minimum Gasteiger partial charge on any atom is -0.422 e. The molecule has 0 atom stereocenters. The number of hydrogen-bond donors (Lipinski definition) is 2. The van der Waals surface area contributed by atoms with Crippen LogP contribution in [0.4, 0.5) is 5.69 Å². The molecule has 36 heavy (non-hydrogen) atoms. The third-order valence-electron chi connectivity index (χ3n) is 5.03. The molecule has 4 aromatic carbocycles. The Hall–Kier alpha value is -4.56. The fourth-order valence-corrected chi connectivity index (χ4v) is 3.48. The van der Waals surface area contributed by atoms with Crippen LogP contribution in [0.5, 0.6) is 5.75 Å². The maximum Gasteiger partial charge on any atom is 0.343 e. The van der Waals surface area contributed by atoms with Crippen molar-refractivity contribution in [2.45, 2.75) is 0 Å². The number of hydrazone groups is 1. The van der Waals surface area contributed by atoms with Crippen molar-refractivity contribution in [1.29, 1.82) is 0 Å². The number of amides is 2. The van der Waals surface area contributed by atoms with E-state index < -0.39 is 11.9 Å². The van der Waals surface area contributed by atoms with Crippen molar-refractivity contribution >= 4 is 45.6 Å². The highest BCUT2D eigenvalue weighted by molar-refractivity contribution is 9.10. The third kappa shape index (κ3) is 6.31. The van der Waals surface area contributed by atoms with Crippen LogP contribution < -0.4 is 15.5 Å². The number of halogens is 1. The lowest BCUT2D eigenvalue weighted by atomic mass is 10.1. The number of benzene rings is 4. The molecule has 0 radical (unpaired) electrons. The minimum absolute atomic E-state index is 0.244. The van der Waals surface area contributed by atoms with E-state index in [0.29, 0.717) is 28.1 Å². The van der Waals surface area contributed by atoms with Gasteiger partial charge in [0, 0.05) is 15.6 Å². The Kier molecular flexibility index (Phi) is 8.00. The highest BCUT2D eigenvalue weighted by atomic mass is 79.9. The quantitative estimate of drug-likeness (QED) is 0.136. The second-order valence-electron chi connectivity index (χ2n) is 7.50. The molecule has 0 aliphatic rings. The first-order valence-electron chi connectivity index (χ1n) is 10.9. The lowest BCUT2D eigenvalue weighted by Crippen LogP contribution is -2.21. The van der Waals surface area contributed by atoms with Crippen molar-refractivity contribution in [1.82, 2.24) is 5.43 Å². The molecule has 0 saturated heterocycles. The summed E-state index contributed by atoms with van der Waals surface area (Å²) in [7, 11) is 0. The number of para-hydroxylation sites is 2. The van der Waals surface area contributed by atoms with E-state index >= 15 is 0 Å². The Morgan fingerprint density at radius 2 is 1.39 bits per heavy atom. The number of carbonyl (C=O) groups is 3. The SMILES string of the molecule is O=C(Nc1ccccc1C(=O)N/N=C\c1ccccc1OC(=O)c1ccc(Br)cc1)c1ccccc1. The standard InChI is InChI=1S/C28H20BrN3O4/c29-22-16-14-20(15-17-22)28(35)36-25-13-7-4-10-21(25)18-30-32-27(34)23-11-5-6-12-24(23)31-26(33)19-8-2-1-3-9-19/h1-18H,(H,31,33)(H,32,34)/b30-18-. The van der Waals surface area contributed by atoms with Gasteiger partial charge in [-0.1, -0.05) is 58.4 Å². The number of esters is 1. The summed E-state index contributed by atoms with van der Waals surface area (Å²) in [6.07, 6.45) is 1.38. The molecule has 0 aliphatic heterocycles. The van der Waals surface area contributed by atoms with E-state index in [1.54, 1.807) is 97.1 Å². The average Bonchev–Trinajstić information content (AvgIpc) is 2.90. The maximum atomic E-state index is 12.8. The number of carbonyl (C=O) groups excluding carboxylic acids is 3. The van der Waals surface area contributed by atoms with E-state index in [2.05, 4.69) is 31.8 Å². The summed E-state index contributed by atoms with van der Waals surface area (Å²) in [6, 6.07) is 29.0. The lowest BCUT2D eigenvalue weighted by Gasteiger charge is -2.10. The van der Waals surface area contributed by atoms with Gasteiger partial charge in [-0.15, -0.1) is 0 Å². The van der Waals surface area contributed by atoms with Gasteiger partial charge in [0.15, 0.2) is 0 Å². The van der Waals surface area contributed by atoms with Crippen molar-refractivity contribution in [2.24, 2.45) is 5.10 Å². The van der Waals surface area contributed by atoms with Crippen LogP contribution in [0.1, 0.15) is 36.6 Å². The molecule has 4 aromatic rings. The molecule has 2 amide bonds. The number of anilines is 1. The molecule has 4 rings (SSSR count). The van der Waals surface area contributed by atoms with Crippen molar-refractivity contribution in [3.8, 4) is 5.75 Å². The molecular formula is C28H20BrN3O4. The van der Waals surface area contributed by atoms with Crippen LogP contribution in [-0.4, -0.2) is 24.0 Å². The zero-order valence-electron chi connectivity index (χ0n) is 18.9. The number of nitrogens with zero attached hydrogens (tertiary/aromatic N) is 1. The number of ether oxygens (including phenoxy) is 1. The molecule has 0 heterocycles. The van der Waals surface area contributed by atoms with Gasteiger partial charge >= 0.3 is 5.97 Å². The number of rotatable bonds is 7. The lowest BCUT2D eigenvalue weighted by molar-refractivity contribution is 0.0733. The molecule has 0 bridgehead atoms. The van der Waals surface area contributed by atoms with E-state index in [9.17, 15) is 14.4 Å². The maximum absolute atomic E-state index is 12.8. The zero-order chi connectivity index (χ0) is 25.3. The molecule has 0 aliphatic carbocycles. The Balaban J connectivity index is 1.44. The van der Waals surface area contributed by atoms with Crippen LogP contribution in [0.25, 0.3) is 0 Å². The normalized spacial score (nSPS) is 10.6. The van der Waals surface area contributed by atoms with Gasteiger partial charge in [0.25, 0.3) is 11.8 Å². The first-order valence-corrected chi connectivity index (χ1v) is 11.7. The first-order chi connectivity index (χ1) is 17.5. The first kappa shape index (κ1) is 24.6. The predicted molar refractivity (Wildman–Crippen MR) is 141 cm³/mol. The summed E-state index contributed by atoms with van der Waals surface area (Å²) < 4.78 is 6.36. The summed E-state index contributed by atoms with van der Waals surface area (Å²) in [5, 5.41) is 6.77. The van der Waals surface area contributed by atoms with Crippen LogP contribution in [0.15, 0.2) is 113 Å². The van der Waals surface area contributed by atoms with Crippen molar-refractivity contribution in [3.63, 3.8) is 0 Å². The van der Waals surface area contributed by atoms with E-state index in [4.69, 9.17) is 4.74 Å². The van der Waals surface area contributed by atoms with Gasteiger partial charge in [0.1, 0.15) is 5.75 Å². The molecule has 0 aromatic heterocycles. The van der Waals surface area contributed by atoms with E-state index in [-0.39, 0.29) is 11.5 Å². The molecule has 2 N–H and O–H groups in total. The van der Waals surface area contributed by atoms with Crippen molar-refractivity contribution in [3.05, 3.63) is 130 Å². The second-order valence-corrected chi connectivity index (χ2v) is 8.41. The average molecular weight is 542 g/mol. The number of nitrogens with one attached hydrogen (secondary N) is 2. The topological polar surface area (TPSA) is 96.9 Å². The summed E-state index contributed by atoms with van der Waals surface area (Å²) >= 11 is 3.33. The summed E-state index contributed by atoms with van der Waals surface area (Å²) in [4.78, 5) is 37.8. The van der Waals surface area contributed by atoms with Gasteiger partial charge in [0.2, 0.25) is 0 Å². The largest absolute Gasteiger partial charge is 0.422 e. The summed E-state index contributed by atoms with van der Waals surface area (Å²) in [5.41, 5.74) is 4.41. The van der Waals surface area contributed by atoms with Crippen LogP contribution in [-0.2, 0) is 0 Å². The van der Waals surface area contributed by atoms with Crippen LogP contribution in [0, 0.1) is 0 Å². The summed E-state index contributed by atoms with van der Waals surface area (Å²) in [5.74, 6) is -1.07. The van der Waals surface area contributed by atoms with Gasteiger partial charge in [-0.3, -0.25) is 9.59 Å². The molecule has 7 nitrogen and oxygen atoms in total. The highest BCUT2D eigenvalue weighted by Gasteiger charge is 2.14. The second kappa shape index (κ2) is 11.7. The fraction of sp³-hybridized carbons (Fsp3) is 0. The zero-order valence-corrected chi connectivity index (χ0v) is 20.4. The third-order valence-corrected chi connectivity index (χ3v) is 5.56. The summed E-state index contributed by atoms with van der Waals surface area (Å²) in [6.45, 7) is 0. The molecular weight excluding hydrogens is 522 g/mol. The van der Waals surface area contributed by atoms with E-state index in [0.717, 1.165) is 4.47 Å². The van der Waals surface area contributed by atoms with Gasteiger partial charge in [-0.2, -0.15) is 5.10 Å². The molecule has 178 valence electrons. The Morgan fingerprint density at radius 1 is 0.722 bits per heavy atom. The Labute approximate surface area is 215 Å². The Morgan fingerprint density at radius 3 is 2.17 bits per heavy atom. The fourth-order valence-electron chi connectivity index (χ4n) is 3.22. The minimum atomic E-state index is -0.518. The van der Waals surface area contributed by atoms with Crippen molar-refractivity contribution in [2.75, 3.05) is 5.32 Å². The van der Waals surface area contributed by atoms with Gasteiger partial charge in [-0.05, 0) is 60.7 Å². The molecule has 0 saturated carbocycles. The van der Waals surface area contributed by atoms with Crippen LogP contribution in [0.2, 0.25) is 0 Å².